The van der Waals surface area contributed by atoms with Gasteiger partial charge in [0.2, 0.25) is 0 Å². The summed E-state index contributed by atoms with van der Waals surface area (Å²) in [4.78, 5) is 29.9. The molecule has 30 heavy (non-hydrogen) atoms. The molecule has 0 N–H and O–H groups in total. The Kier molecular flexibility index (Phi) is 5.59. The molecule has 2 aromatic heterocycles. The van der Waals surface area contributed by atoms with Crippen molar-refractivity contribution >= 4 is 23.3 Å². The predicted molar refractivity (Wildman–Crippen MR) is 116 cm³/mol. The molecule has 0 bridgehead atoms. The summed E-state index contributed by atoms with van der Waals surface area (Å²) in [7, 11) is 1.79. The first kappa shape index (κ1) is 20.2. The summed E-state index contributed by atoms with van der Waals surface area (Å²) in [5.41, 5.74) is 1.20. The highest BCUT2D eigenvalue weighted by Gasteiger charge is 2.18. The van der Waals surface area contributed by atoms with Gasteiger partial charge >= 0.3 is 5.69 Å². The van der Waals surface area contributed by atoms with Crippen LogP contribution < -0.4 is 16.0 Å². The topological polar surface area (TPSA) is 80.3 Å². The van der Waals surface area contributed by atoms with Crippen molar-refractivity contribution in [3.05, 3.63) is 56.5 Å². The number of fused-ring (bicyclic) bond motifs is 1. The quantitative estimate of drug-likeness (QED) is 0.623. The summed E-state index contributed by atoms with van der Waals surface area (Å²) in [5, 5.41) is 0. The Morgan fingerprint density at radius 3 is 2.50 bits per heavy atom. The molecule has 158 valence electrons. The zero-order valence-electron chi connectivity index (χ0n) is 17.5. The van der Waals surface area contributed by atoms with Crippen LogP contribution in [-0.2, 0) is 24.9 Å². The summed E-state index contributed by atoms with van der Waals surface area (Å²) < 4.78 is 15.7. The standard InChI is InChI=1S/C22H26N4O4/c1-4-25-20-19(21(27)26(5-2)22(25)28)24(3)18(23-20)11-8-15-6-9-16(10-7-15)30-17-12-13-29-14-17/h6-11,17H,4-5,12-14H2,1-3H3/b11-8+/t17-/m1/s1. The number of aromatic nitrogens is 4. The molecule has 1 aliphatic rings. The van der Waals surface area contributed by atoms with Crippen LogP contribution in [0.4, 0.5) is 0 Å². The molecule has 0 aliphatic carbocycles. The van der Waals surface area contributed by atoms with Crippen molar-refractivity contribution in [2.24, 2.45) is 7.05 Å². The molecule has 0 amide bonds. The van der Waals surface area contributed by atoms with Crippen molar-refractivity contribution in [3.8, 4) is 5.75 Å². The number of aryl methyl sites for hydroxylation is 2. The molecule has 1 aromatic carbocycles. The maximum Gasteiger partial charge on any atom is 0.332 e. The van der Waals surface area contributed by atoms with Crippen molar-refractivity contribution in [1.82, 2.24) is 18.7 Å². The third-order valence-corrected chi connectivity index (χ3v) is 5.40. The zero-order chi connectivity index (χ0) is 21.3. The molecule has 4 rings (SSSR count). The highest BCUT2D eigenvalue weighted by atomic mass is 16.5. The van der Waals surface area contributed by atoms with E-state index in [4.69, 9.17) is 9.47 Å². The molecule has 8 heteroatoms. The molecule has 1 fully saturated rings. The Bertz CT molecular complexity index is 1200. The van der Waals surface area contributed by atoms with E-state index >= 15 is 0 Å². The summed E-state index contributed by atoms with van der Waals surface area (Å²) in [6.07, 6.45) is 4.81. The van der Waals surface area contributed by atoms with Crippen molar-refractivity contribution in [2.45, 2.75) is 39.5 Å². The number of ether oxygens (including phenoxy) is 2. The summed E-state index contributed by atoms with van der Waals surface area (Å²) in [5.74, 6) is 1.43. The van der Waals surface area contributed by atoms with Crippen LogP contribution in [0.25, 0.3) is 23.3 Å². The second-order valence-corrected chi connectivity index (χ2v) is 7.28. The minimum absolute atomic E-state index is 0.120. The number of benzene rings is 1. The van der Waals surface area contributed by atoms with Crippen LogP contribution in [0.2, 0.25) is 0 Å². The number of hydrogen-bond donors (Lipinski definition) is 0. The molecule has 0 spiro atoms. The van der Waals surface area contributed by atoms with Gasteiger partial charge in [-0.3, -0.25) is 13.9 Å². The molecule has 3 heterocycles. The normalized spacial score (nSPS) is 16.7. The number of rotatable bonds is 6. The molecule has 1 saturated heterocycles. The van der Waals surface area contributed by atoms with Crippen LogP contribution >= 0.6 is 0 Å². The Balaban J connectivity index is 1.64. The summed E-state index contributed by atoms with van der Waals surface area (Å²) in [6.45, 7) is 5.82. The molecular weight excluding hydrogens is 384 g/mol. The summed E-state index contributed by atoms with van der Waals surface area (Å²) >= 11 is 0. The van der Waals surface area contributed by atoms with Crippen molar-refractivity contribution in [1.29, 1.82) is 0 Å². The van der Waals surface area contributed by atoms with Gasteiger partial charge in [-0.1, -0.05) is 18.2 Å². The van der Waals surface area contributed by atoms with Gasteiger partial charge in [-0.25, -0.2) is 9.78 Å². The number of nitrogens with zero attached hydrogens (tertiary/aromatic N) is 4. The Hall–Kier alpha value is -3.13. The third-order valence-electron chi connectivity index (χ3n) is 5.40. The molecule has 0 saturated carbocycles. The van der Waals surface area contributed by atoms with Gasteiger partial charge in [-0.2, -0.15) is 0 Å². The second-order valence-electron chi connectivity index (χ2n) is 7.28. The highest BCUT2D eigenvalue weighted by Crippen LogP contribution is 2.19. The lowest BCUT2D eigenvalue weighted by Crippen LogP contribution is -2.39. The lowest BCUT2D eigenvalue weighted by molar-refractivity contribution is 0.141. The largest absolute Gasteiger partial charge is 0.488 e. The van der Waals surface area contributed by atoms with Crippen molar-refractivity contribution in [3.63, 3.8) is 0 Å². The van der Waals surface area contributed by atoms with Gasteiger partial charge in [-0.05, 0) is 37.6 Å². The minimum Gasteiger partial charge on any atom is -0.488 e. The van der Waals surface area contributed by atoms with E-state index in [9.17, 15) is 9.59 Å². The van der Waals surface area contributed by atoms with E-state index in [1.807, 2.05) is 43.3 Å². The van der Waals surface area contributed by atoms with E-state index in [0.29, 0.717) is 36.7 Å². The van der Waals surface area contributed by atoms with E-state index < -0.39 is 0 Å². The molecule has 0 radical (unpaired) electrons. The van der Waals surface area contributed by atoms with Gasteiger partial charge < -0.3 is 14.0 Å². The van der Waals surface area contributed by atoms with Gasteiger partial charge in [0.05, 0.1) is 13.2 Å². The predicted octanol–water partition coefficient (Wildman–Crippen LogP) is 2.27. The van der Waals surface area contributed by atoms with Gasteiger partial charge in [0, 0.05) is 26.6 Å². The number of hydrogen-bond acceptors (Lipinski definition) is 5. The first-order chi connectivity index (χ1) is 14.5. The second kappa shape index (κ2) is 8.31. The van der Waals surface area contributed by atoms with Crippen LogP contribution in [-0.4, -0.2) is 38.0 Å². The minimum atomic E-state index is -0.325. The maximum absolute atomic E-state index is 12.8. The van der Waals surface area contributed by atoms with E-state index in [1.54, 1.807) is 18.5 Å². The average molecular weight is 410 g/mol. The van der Waals surface area contributed by atoms with E-state index in [0.717, 1.165) is 24.3 Å². The molecule has 1 aliphatic heterocycles. The van der Waals surface area contributed by atoms with Crippen LogP contribution in [0.15, 0.2) is 33.9 Å². The van der Waals surface area contributed by atoms with Crippen LogP contribution in [0.5, 0.6) is 5.75 Å². The van der Waals surface area contributed by atoms with E-state index in [1.165, 1.54) is 9.13 Å². The Morgan fingerprint density at radius 2 is 1.87 bits per heavy atom. The third kappa shape index (κ3) is 3.59. The van der Waals surface area contributed by atoms with E-state index in [2.05, 4.69) is 4.98 Å². The molecule has 3 aromatic rings. The smallest absolute Gasteiger partial charge is 0.332 e. The highest BCUT2D eigenvalue weighted by molar-refractivity contribution is 5.76. The fourth-order valence-corrected chi connectivity index (χ4v) is 3.72. The Labute approximate surface area is 174 Å². The van der Waals surface area contributed by atoms with Crippen LogP contribution in [0, 0.1) is 0 Å². The van der Waals surface area contributed by atoms with Crippen LogP contribution in [0.3, 0.4) is 0 Å². The lowest BCUT2D eigenvalue weighted by Gasteiger charge is -2.11. The monoisotopic (exact) mass is 410 g/mol. The van der Waals surface area contributed by atoms with Gasteiger partial charge in [0.1, 0.15) is 17.7 Å². The first-order valence-electron chi connectivity index (χ1n) is 10.3. The summed E-state index contributed by atoms with van der Waals surface area (Å²) in [6, 6.07) is 7.80. The van der Waals surface area contributed by atoms with E-state index in [-0.39, 0.29) is 17.4 Å². The van der Waals surface area contributed by atoms with Crippen molar-refractivity contribution in [2.75, 3.05) is 13.2 Å². The maximum atomic E-state index is 12.8. The average Bonchev–Trinajstić information content (AvgIpc) is 3.36. The van der Waals surface area contributed by atoms with Crippen LogP contribution in [0.1, 0.15) is 31.7 Å². The van der Waals surface area contributed by atoms with Gasteiger partial charge in [-0.15, -0.1) is 0 Å². The number of imidazole rings is 1. The SMILES string of the molecule is CCn1c(=O)c2c(nc(/C=C/c3ccc(O[C@@H]4CCOC4)cc3)n2C)n(CC)c1=O. The fraction of sp³-hybridized carbons (Fsp3) is 0.409. The molecule has 1 atom stereocenters. The van der Waals surface area contributed by atoms with Gasteiger partial charge in [0.15, 0.2) is 11.2 Å². The molecule has 8 nitrogen and oxygen atoms in total. The van der Waals surface area contributed by atoms with Crippen molar-refractivity contribution < 1.29 is 9.47 Å². The molecule has 0 unspecified atom stereocenters. The fourth-order valence-electron chi connectivity index (χ4n) is 3.72. The zero-order valence-corrected chi connectivity index (χ0v) is 17.5. The lowest BCUT2D eigenvalue weighted by atomic mass is 10.2. The first-order valence-corrected chi connectivity index (χ1v) is 10.3. The molecular formula is C22H26N4O4. The van der Waals surface area contributed by atoms with Gasteiger partial charge in [0.25, 0.3) is 5.56 Å². The Morgan fingerprint density at radius 1 is 1.13 bits per heavy atom.